The van der Waals surface area contributed by atoms with Crippen LogP contribution >= 0.6 is 11.6 Å². The van der Waals surface area contributed by atoms with E-state index in [9.17, 15) is 13.2 Å². The van der Waals surface area contributed by atoms with E-state index in [1.165, 1.54) is 0 Å². The highest BCUT2D eigenvalue weighted by atomic mass is 35.5. The number of hydrogen-bond donors (Lipinski definition) is 3. The molecule has 9 heteroatoms. The number of nitrogens with one attached hydrogen (secondary N) is 2. The van der Waals surface area contributed by atoms with Gasteiger partial charge in [0.15, 0.2) is 5.69 Å². The summed E-state index contributed by atoms with van der Waals surface area (Å²) in [7, 11) is 0. The number of rotatable bonds is 3. The minimum atomic E-state index is -4.61. The van der Waals surface area contributed by atoms with E-state index in [2.05, 4.69) is 15.3 Å². The van der Waals surface area contributed by atoms with Gasteiger partial charge in [0.25, 0.3) is 0 Å². The van der Waals surface area contributed by atoms with Gasteiger partial charge in [0.05, 0.1) is 10.7 Å². The standard InChI is InChI=1S/C12H11ClF3N5/c1-6-2-3-8(7(13)4-6)18-10-5-9(12(14,15)16)19-11(20-10)21-17/h2-5H,17H2,1H3,(H2,18,19,20,21). The van der Waals surface area contributed by atoms with Crippen LogP contribution in [0.2, 0.25) is 5.02 Å². The zero-order valence-corrected chi connectivity index (χ0v) is 11.5. The van der Waals surface area contributed by atoms with Crippen molar-refractivity contribution in [3.63, 3.8) is 0 Å². The monoisotopic (exact) mass is 317 g/mol. The summed E-state index contributed by atoms with van der Waals surface area (Å²) in [6, 6.07) is 5.86. The third-order valence-electron chi connectivity index (χ3n) is 2.53. The summed E-state index contributed by atoms with van der Waals surface area (Å²) in [6.45, 7) is 1.85. The van der Waals surface area contributed by atoms with E-state index in [1.54, 1.807) is 18.2 Å². The van der Waals surface area contributed by atoms with Crippen molar-refractivity contribution in [2.45, 2.75) is 13.1 Å². The van der Waals surface area contributed by atoms with Crippen molar-refractivity contribution >= 4 is 29.1 Å². The van der Waals surface area contributed by atoms with Crippen LogP contribution in [0.15, 0.2) is 24.3 Å². The molecule has 1 aromatic carbocycles. The van der Waals surface area contributed by atoms with Crippen molar-refractivity contribution in [3.8, 4) is 0 Å². The molecule has 2 rings (SSSR count). The molecule has 0 atom stereocenters. The highest BCUT2D eigenvalue weighted by molar-refractivity contribution is 6.33. The average molecular weight is 318 g/mol. The molecule has 0 saturated carbocycles. The molecule has 0 unspecified atom stereocenters. The van der Waals surface area contributed by atoms with Gasteiger partial charge in [-0.25, -0.2) is 10.8 Å². The van der Waals surface area contributed by atoms with Crippen molar-refractivity contribution < 1.29 is 13.2 Å². The smallest absolute Gasteiger partial charge is 0.339 e. The van der Waals surface area contributed by atoms with Crippen LogP contribution in [0.3, 0.4) is 0 Å². The molecule has 0 aliphatic carbocycles. The summed E-state index contributed by atoms with van der Waals surface area (Å²) in [5.74, 6) is 4.65. The molecule has 0 aliphatic heterocycles. The average Bonchev–Trinajstić information content (AvgIpc) is 2.40. The normalized spacial score (nSPS) is 11.3. The Labute approximate surface area is 123 Å². The fourth-order valence-corrected chi connectivity index (χ4v) is 1.86. The van der Waals surface area contributed by atoms with Gasteiger partial charge in [0.2, 0.25) is 5.95 Å². The highest BCUT2D eigenvalue weighted by Crippen LogP contribution is 2.31. The largest absolute Gasteiger partial charge is 0.433 e. The van der Waals surface area contributed by atoms with Crippen molar-refractivity contribution in [1.82, 2.24) is 9.97 Å². The molecule has 0 fully saturated rings. The SMILES string of the molecule is Cc1ccc(Nc2cc(C(F)(F)F)nc(NN)n2)c(Cl)c1. The molecule has 0 bridgehead atoms. The zero-order valence-electron chi connectivity index (χ0n) is 10.8. The van der Waals surface area contributed by atoms with E-state index in [0.717, 1.165) is 11.6 Å². The number of anilines is 3. The number of nitrogens with two attached hydrogens (primary N) is 1. The van der Waals surface area contributed by atoms with Crippen LogP contribution in [0.1, 0.15) is 11.3 Å². The van der Waals surface area contributed by atoms with Gasteiger partial charge in [-0.2, -0.15) is 18.2 Å². The fraction of sp³-hybridized carbons (Fsp3) is 0.167. The zero-order chi connectivity index (χ0) is 15.6. The van der Waals surface area contributed by atoms with Crippen molar-refractivity contribution in [2.75, 3.05) is 10.7 Å². The number of halogens is 4. The van der Waals surface area contributed by atoms with Crippen LogP contribution in [0, 0.1) is 6.92 Å². The Hall–Kier alpha value is -2.06. The molecule has 2 aromatic rings. The second kappa shape index (κ2) is 5.74. The van der Waals surface area contributed by atoms with Crippen molar-refractivity contribution in [2.24, 2.45) is 5.84 Å². The topological polar surface area (TPSA) is 75.9 Å². The molecular weight excluding hydrogens is 307 g/mol. The summed E-state index contributed by atoms with van der Waals surface area (Å²) in [6.07, 6.45) is -4.61. The number of alkyl halides is 3. The molecule has 0 aliphatic rings. The first-order valence-electron chi connectivity index (χ1n) is 5.75. The summed E-state index contributed by atoms with van der Waals surface area (Å²) < 4.78 is 38.2. The van der Waals surface area contributed by atoms with Crippen molar-refractivity contribution in [3.05, 3.63) is 40.5 Å². The maximum Gasteiger partial charge on any atom is 0.433 e. The van der Waals surface area contributed by atoms with Gasteiger partial charge < -0.3 is 5.32 Å². The molecule has 1 aromatic heterocycles. The lowest BCUT2D eigenvalue weighted by Crippen LogP contribution is -2.16. The second-order valence-corrected chi connectivity index (χ2v) is 4.62. The van der Waals surface area contributed by atoms with E-state index in [-0.39, 0.29) is 11.8 Å². The van der Waals surface area contributed by atoms with Gasteiger partial charge in [-0.15, -0.1) is 0 Å². The number of hydrogen-bond acceptors (Lipinski definition) is 5. The summed E-state index contributed by atoms with van der Waals surface area (Å²) in [5.41, 5.74) is 2.23. The van der Waals surface area contributed by atoms with Gasteiger partial charge >= 0.3 is 6.18 Å². The lowest BCUT2D eigenvalue weighted by atomic mass is 10.2. The predicted molar refractivity (Wildman–Crippen MR) is 74.3 cm³/mol. The quantitative estimate of drug-likeness (QED) is 0.597. The van der Waals surface area contributed by atoms with Crippen LogP contribution < -0.4 is 16.6 Å². The van der Waals surface area contributed by atoms with Gasteiger partial charge in [-0.05, 0) is 24.6 Å². The van der Waals surface area contributed by atoms with E-state index in [0.29, 0.717) is 10.7 Å². The van der Waals surface area contributed by atoms with Gasteiger partial charge in [-0.3, -0.25) is 5.43 Å². The Bertz CT molecular complexity index is 660. The highest BCUT2D eigenvalue weighted by Gasteiger charge is 2.33. The van der Waals surface area contributed by atoms with Gasteiger partial charge in [-0.1, -0.05) is 17.7 Å². The van der Waals surface area contributed by atoms with E-state index in [1.807, 2.05) is 12.3 Å². The van der Waals surface area contributed by atoms with Crippen LogP contribution in [0.25, 0.3) is 0 Å². The summed E-state index contributed by atoms with van der Waals surface area (Å²) in [5, 5.41) is 3.07. The molecular formula is C12H11ClF3N5. The summed E-state index contributed by atoms with van der Waals surface area (Å²) >= 11 is 6.01. The molecule has 4 N–H and O–H groups in total. The molecule has 1 heterocycles. The minimum Gasteiger partial charge on any atom is -0.339 e. The predicted octanol–water partition coefficient (Wildman–Crippen LogP) is 3.49. The van der Waals surface area contributed by atoms with Crippen LogP contribution in [0.5, 0.6) is 0 Å². The molecule has 5 nitrogen and oxygen atoms in total. The number of aryl methyl sites for hydroxylation is 1. The molecule has 0 amide bonds. The molecule has 0 radical (unpaired) electrons. The van der Waals surface area contributed by atoms with Gasteiger partial charge in [0, 0.05) is 6.07 Å². The number of aromatic nitrogens is 2. The fourth-order valence-electron chi connectivity index (χ4n) is 1.58. The Morgan fingerprint density at radius 2 is 1.90 bits per heavy atom. The van der Waals surface area contributed by atoms with E-state index >= 15 is 0 Å². The van der Waals surface area contributed by atoms with Crippen LogP contribution in [0.4, 0.5) is 30.6 Å². The van der Waals surface area contributed by atoms with E-state index < -0.39 is 11.9 Å². The Balaban J connectivity index is 2.39. The summed E-state index contributed by atoms with van der Waals surface area (Å²) in [4.78, 5) is 7.06. The third kappa shape index (κ3) is 3.73. The minimum absolute atomic E-state index is 0.0731. The lowest BCUT2D eigenvalue weighted by molar-refractivity contribution is -0.141. The van der Waals surface area contributed by atoms with Crippen LogP contribution in [-0.2, 0) is 6.18 Å². The number of nitrogen functional groups attached to an aromatic ring is 1. The second-order valence-electron chi connectivity index (χ2n) is 4.21. The Kier molecular flexibility index (Phi) is 4.19. The van der Waals surface area contributed by atoms with E-state index in [4.69, 9.17) is 17.4 Å². The maximum absolute atomic E-state index is 12.7. The number of hydrazine groups is 1. The molecule has 112 valence electrons. The Morgan fingerprint density at radius 3 is 2.48 bits per heavy atom. The molecule has 0 saturated heterocycles. The lowest BCUT2D eigenvalue weighted by Gasteiger charge is -2.12. The number of nitrogens with zero attached hydrogens (tertiary/aromatic N) is 2. The maximum atomic E-state index is 12.7. The third-order valence-corrected chi connectivity index (χ3v) is 2.85. The van der Waals surface area contributed by atoms with Crippen LogP contribution in [-0.4, -0.2) is 9.97 Å². The number of benzene rings is 1. The molecule has 0 spiro atoms. The first-order valence-corrected chi connectivity index (χ1v) is 6.13. The van der Waals surface area contributed by atoms with Gasteiger partial charge in [0.1, 0.15) is 5.82 Å². The first-order chi connectivity index (χ1) is 9.79. The molecule has 21 heavy (non-hydrogen) atoms. The Morgan fingerprint density at radius 1 is 1.19 bits per heavy atom. The first kappa shape index (κ1) is 15.3. The van der Waals surface area contributed by atoms with Crippen molar-refractivity contribution in [1.29, 1.82) is 0 Å².